The van der Waals surface area contributed by atoms with E-state index in [0.29, 0.717) is 10.0 Å². The van der Waals surface area contributed by atoms with Crippen LogP contribution in [0.25, 0.3) is 0 Å². The zero-order chi connectivity index (χ0) is 8.55. The van der Waals surface area contributed by atoms with Gasteiger partial charge in [0.15, 0.2) is 0 Å². The molecule has 0 bridgehead atoms. The molecule has 1 aliphatic rings. The van der Waals surface area contributed by atoms with Gasteiger partial charge in [0, 0.05) is 6.54 Å². The molecule has 0 aliphatic carbocycles. The molecule has 4 heteroatoms. The van der Waals surface area contributed by atoms with Crippen LogP contribution in [0.1, 0.15) is 12.0 Å². The van der Waals surface area contributed by atoms with Gasteiger partial charge in [-0.25, -0.2) is 0 Å². The first kappa shape index (κ1) is 11.0. The number of fused-ring (bicyclic) bond motifs is 1. The second-order valence-electron chi connectivity index (χ2n) is 2.93. The normalized spacial score (nSPS) is 14.0. The average Bonchev–Trinajstić information content (AvgIpc) is 2.12. The summed E-state index contributed by atoms with van der Waals surface area (Å²) in [5.41, 5.74) is 2.30. The summed E-state index contributed by atoms with van der Waals surface area (Å²) in [5, 5.41) is 4.55. The fraction of sp³-hybridized carbons (Fsp3) is 0.333. The number of anilines is 1. The van der Waals surface area contributed by atoms with Gasteiger partial charge in [-0.1, -0.05) is 29.3 Å². The van der Waals surface area contributed by atoms with Gasteiger partial charge in [0.2, 0.25) is 0 Å². The quantitative estimate of drug-likeness (QED) is 0.725. The molecular weight excluding hydrogens is 228 g/mol. The molecule has 2 rings (SSSR count). The smallest absolute Gasteiger partial charge is 0.0826 e. The van der Waals surface area contributed by atoms with Crippen molar-refractivity contribution in [1.29, 1.82) is 0 Å². The highest BCUT2D eigenvalue weighted by Gasteiger charge is 2.13. The number of aryl methyl sites for hydroxylation is 1. The van der Waals surface area contributed by atoms with E-state index >= 15 is 0 Å². The Morgan fingerprint density at radius 2 is 2.00 bits per heavy atom. The van der Waals surface area contributed by atoms with Crippen molar-refractivity contribution in [3.8, 4) is 0 Å². The molecule has 1 aromatic carbocycles. The number of hydrogen-bond acceptors (Lipinski definition) is 1. The predicted molar refractivity (Wildman–Crippen MR) is 60.5 cm³/mol. The van der Waals surface area contributed by atoms with E-state index in [1.165, 1.54) is 12.0 Å². The molecule has 1 aliphatic heterocycles. The van der Waals surface area contributed by atoms with E-state index in [9.17, 15) is 0 Å². The molecule has 72 valence electrons. The van der Waals surface area contributed by atoms with Gasteiger partial charge < -0.3 is 5.32 Å². The first-order valence-electron chi connectivity index (χ1n) is 4.00. The minimum Gasteiger partial charge on any atom is -0.384 e. The summed E-state index contributed by atoms with van der Waals surface area (Å²) in [4.78, 5) is 0. The fourth-order valence-electron chi connectivity index (χ4n) is 1.48. The van der Waals surface area contributed by atoms with E-state index in [0.717, 1.165) is 18.7 Å². The van der Waals surface area contributed by atoms with Gasteiger partial charge in [0.1, 0.15) is 0 Å². The maximum atomic E-state index is 6.02. The Morgan fingerprint density at radius 1 is 1.23 bits per heavy atom. The lowest BCUT2D eigenvalue weighted by Crippen LogP contribution is -2.11. The van der Waals surface area contributed by atoms with E-state index in [4.69, 9.17) is 23.2 Å². The van der Waals surface area contributed by atoms with Crippen LogP contribution in [0.2, 0.25) is 10.0 Å². The van der Waals surface area contributed by atoms with E-state index in [2.05, 4.69) is 5.32 Å². The maximum Gasteiger partial charge on any atom is 0.0826 e. The second kappa shape index (κ2) is 4.41. The van der Waals surface area contributed by atoms with E-state index in [-0.39, 0.29) is 12.4 Å². The van der Waals surface area contributed by atoms with Gasteiger partial charge in [0.05, 0.1) is 15.7 Å². The molecule has 1 heterocycles. The summed E-state index contributed by atoms with van der Waals surface area (Å²) < 4.78 is 0. The monoisotopic (exact) mass is 237 g/mol. The van der Waals surface area contributed by atoms with Gasteiger partial charge >= 0.3 is 0 Å². The second-order valence-corrected chi connectivity index (χ2v) is 3.71. The summed E-state index contributed by atoms with van der Waals surface area (Å²) in [6.45, 7) is 0.993. The van der Waals surface area contributed by atoms with Gasteiger partial charge in [-0.05, 0) is 24.5 Å². The molecule has 0 unspecified atom stereocenters. The van der Waals surface area contributed by atoms with Crippen molar-refractivity contribution in [1.82, 2.24) is 0 Å². The first-order valence-corrected chi connectivity index (χ1v) is 4.75. The van der Waals surface area contributed by atoms with Crippen molar-refractivity contribution < 1.29 is 0 Å². The third kappa shape index (κ3) is 2.04. The topological polar surface area (TPSA) is 12.0 Å². The van der Waals surface area contributed by atoms with Crippen molar-refractivity contribution in [3.63, 3.8) is 0 Å². The van der Waals surface area contributed by atoms with Crippen molar-refractivity contribution in [3.05, 3.63) is 27.7 Å². The molecule has 0 spiro atoms. The predicted octanol–water partition coefficient (Wildman–Crippen LogP) is 3.77. The minimum absolute atomic E-state index is 0. The molecule has 1 aromatic rings. The highest BCUT2D eigenvalue weighted by Crippen LogP contribution is 2.35. The van der Waals surface area contributed by atoms with Crippen molar-refractivity contribution >= 4 is 41.3 Å². The Labute approximate surface area is 93.8 Å². The Bertz CT molecular complexity index is 312. The summed E-state index contributed by atoms with van der Waals surface area (Å²) in [7, 11) is 0. The number of rotatable bonds is 0. The Hall–Kier alpha value is -0.110. The molecule has 1 nitrogen and oxygen atoms in total. The zero-order valence-electron chi connectivity index (χ0n) is 6.94. The molecule has 0 radical (unpaired) electrons. The van der Waals surface area contributed by atoms with Crippen molar-refractivity contribution in [2.45, 2.75) is 12.8 Å². The Balaban J connectivity index is 0.000000845. The van der Waals surface area contributed by atoms with Crippen LogP contribution in [0.5, 0.6) is 0 Å². The summed E-state index contributed by atoms with van der Waals surface area (Å²) in [6.07, 6.45) is 2.27. The van der Waals surface area contributed by atoms with Crippen molar-refractivity contribution in [2.24, 2.45) is 0 Å². The van der Waals surface area contributed by atoms with Crippen LogP contribution in [-0.2, 0) is 6.42 Å². The Kier molecular flexibility index (Phi) is 3.72. The van der Waals surface area contributed by atoms with Crippen LogP contribution in [0.15, 0.2) is 12.1 Å². The SMILES string of the molecule is Cl.Clc1ccc2c(c1Cl)NCCC2. The molecular formula is C9H10Cl3N. The zero-order valence-corrected chi connectivity index (χ0v) is 9.27. The highest BCUT2D eigenvalue weighted by atomic mass is 35.5. The average molecular weight is 239 g/mol. The van der Waals surface area contributed by atoms with Gasteiger partial charge in [0.25, 0.3) is 0 Å². The number of nitrogens with one attached hydrogen (secondary N) is 1. The van der Waals surface area contributed by atoms with Crippen LogP contribution in [0.3, 0.4) is 0 Å². The summed E-state index contributed by atoms with van der Waals surface area (Å²) >= 11 is 11.9. The molecule has 0 atom stereocenters. The lowest BCUT2D eigenvalue weighted by Gasteiger charge is -2.19. The van der Waals surface area contributed by atoms with E-state index in [1.54, 1.807) is 0 Å². The van der Waals surface area contributed by atoms with E-state index < -0.39 is 0 Å². The van der Waals surface area contributed by atoms with Crippen LogP contribution >= 0.6 is 35.6 Å². The van der Waals surface area contributed by atoms with Gasteiger partial charge in [-0.2, -0.15) is 0 Å². The molecule has 0 saturated carbocycles. The molecule has 0 aromatic heterocycles. The standard InChI is InChI=1S/C9H9Cl2N.ClH/c10-7-4-3-6-2-1-5-12-9(6)8(7)11;/h3-4,12H,1-2,5H2;1H. The van der Waals surface area contributed by atoms with E-state index in [1.807, 2.05) is 12.1 Å². The van der Waals surface area contributed by atoms with Gasteiger partial charge in [-0.15, -0.1) is 12.4 Å². The highest BCUT2D eigenvalue weighted by molar-refractivity contribution is 6.43. The first-order chi connectivity index (χ1) is 5.79. The largest absolute Gasteiger partial charge is 0.384 e. The molecule has 0 amide bonds. The number of hydrogen-bond donors (Lipinski definition) is 1. The number of benzene rings is 1. The Morgan fingerprint density at radius 3 is 2.77 bits per heavy atom. The lowest BCUT2D eigenvalue weighted by atomic mass is 10.0. The third-order valence-corrected chi connectivity index (χ3v) is 2.91. The van der Waals surface area contributed by atoms with Crippen LogP contribution in [0.4, 0.5) is 5.69 Å². The maximum absolute atomic E-state index is 6.02. The summed E-state index contributed by atoms with van der Waals surface area (Å²) in [5.74, 6) is 0. The van der Waals surface area contributed by atoms with Crippen LogP contribution < -0.4 is 5.32 Å². The molecule has 1 N–H and O–H groups in total. The van der Waals surface area contributed by atoms with Gasteiger partial charge in [-0.3, -0.25) is 0 Å². The third-order valence-electron chi connectivity index (χ3n) is 2.11. The van der Waals surface area contributed by atoms with Crippen LogP contribution in [0, 0.1) is 0 Å². The minimum atomic E-state index is 0. The number of halogens is 3. The fourth-order valence-corrected chi connectivity index (χ4v) is 1.89. The lowest BCUT2D eigenvalue weighted by molar-refractivity contribution is 0.830. The van der Waals surface area contributed by atoms with Crippen molar-refractivity contribution in [2.75, 3.05) is 11.9 Å². The van der Waals surface area contributed by atoms with Crippen LogP contribution in [-0.4, -0.2) is 6.54 Å². The molecule has 0 fully saturated rings. The molecule has 13 heavy (non-hydrogen) atoms. The molecule has 0 saturated heterocycles. The summed E-state index contributed by atoms with van der Waals surface area (Å²) in [6, 6.07) is 3.89.